The summed E-state index contributed by atoms with van der Waals surface area (Å²) in [4.78, 5) is 24.8. The average Bonchev–Trinajstić information content (AvgIpc) is 2.45. The number of carboxylic acid groups (broad SMARTS) is 1. The fraction of sp³-hybridized carbons (Fsp3) is 0.467. The molecule has 1 unspecified atom stereocenters. The Morgan fingerprint density at radius 2 is 2.24 bits per heavy atom. The molecule has 2 rings (SSSR count). The molecule has 0 saturated carbocycles. The number of hydrogen-bond donors (Lipinski definition) is 2. The predicted molar refractivity (Wildman–Crippen MR) is 76.4 cm³/mol. The molecule has 0 aliphatic carbocycles. The first kappa shape index (κ1) is 15.4. The van der Waals surface area contributed by atoms with Crippen LogP contribution in [-0.2, 0) is 9.59 Å². The van der Waals surface area contributed by atoms with Crippen LogP contribution in [0.1, 0.15) is 19.3 Å². The predicted octanol–water partition coefficient (Wildman–Crippen LogP) is 1.95. The lowest BCUT2D eigenvalue weighted by Crippen LogP contribution is -2.40. The van der Waals surface area contributed by atoms with Gasteiger partial charge in [0.1, 0.15) is 5.82 Å². The molecule has 21 heavy (non-hydrogen) atoms. The van der Waals surface area contributed by atoms with Crippen LogP contribution in [0.25, 0.3) is 0 Å². The molecule has 2 N–H and O–H groups in total. The van der Waals surface area contributed by atoms with E-state index in [1.807, 2.05) is 4.90 Å². The second kappa shape index (κ2) is 7.17. The number of anilines is 1. The highest BCUT2D eigenvalue weighted by atomic mass is 19.1. The number of aliphatic carboxylic acids is 1. The summed E-state index contributed by atoms with van der Waals surface area (Å²) in [5, 5.41) is 11.6. The smallest absolute Gasteiger partial charge is 0.307 e. The standard InChI is InChI=1S/C15H19FN2O3/c16-12-4-1-5-13(9-12)17-14(19)6-8-18-7-2-3-11(10-18)15(20)21/h1,4-5,9,11H,2-3,6-8,10H2,(H,17,19)(H,20,21). The van der Waals surface area contributed by atoms with Gasteiger partial charge in [0, 0.05) is 25.2 Å². The maximum absolute atomic E-state index is 13.0. The fourth-order valence-corrected chi connectivity index (χ4v) is 2.51. The third-order valence-electron chi connectivity index (χ3n) is 3.62. The Balaban J connectivity index is 1.77. The molecule has 0 radical (unpaired) electrons. The van der Waals surface area contributed by atoms with Crippen molar-refractivity contribution in [3.05, 3.63) is 30.1 Å². The summed E-state index contributed by atoms with van der Waals surface area (Å²) in [7, 11) is 0. The first-order chi connectivity index (χ1) is 10.0. The number of piperidine rings is 1. The summed E-state index contributed by atoms with van der Waals surface area (Å²) in [5.41, 5.74) is 0.432. The summed E-state index contributed by atoms with van der Waals surface area (Å²) < 4.78 is 13.0. The normalized spacial score (nSPS) is 19.2. The summed E-state index contributed by atoms with van der Waals surface area (Å²) in [6, 6.07) is 5.74. The zero-order valence-corrected chi connectivity index (χ0v) is 11.7. The molecule has 1 aliphatic rings. The van der Waals surface area contributed by atoms with Gasteiger partial charge in [-0.3, -0.25) is 9.59 Å². The van der Waals surface area contributed by atoms with Crippen LogP contribution in [0.4, 0.5) is 10.1 Å². The Hall–Kier alpha value is -1.95. The Bertz CT molecular complexity index is 521. The van der Waals surface area contributed by atoms with Crippen LogP contribution in [0.2, 0.25) is 0 Å². The van der Waals surface area contributed by atoms with Crippen LogP contribution in [0.15, 0.2) is 24.3 Å². The summed E-state index contributed by atoms with van der Waals surface area (Å²) >= 11 is 0. The van der Waals surface area contributed by atoms with Crippen molar-refractivity contribution in [1.29, 1.82) is 0 Å². The van der Waals surface area contributed by atoms with Gasteiger partial charge < -0.3 is 15.3 Å². The third-order valence-corrected chi connectivity index (χ3v) is 3.62. The molecule has 1 atom stereocenters. The van der Waals surface area contributed by atoms with Gasteiger partial charge in [-0.25, -0.2) is 4.39 Å². The van der Waals surface area contributed by atoms with Crippen LogP contribution in [0.5, 0.6) is 0 Å². The fourth-order valence-electron chi connectivity index (χ4n) is 2.51. The second-order valence-electron chi connectivity index (χ2n) is 5.29. The molecule has 1 heterocycles. The van der Waals surface area contributed by atoms with Crippen molar-refractivity contribution >= 4 is 17.6 Å². The highest BCUT2D eigenvalue weighted by molar-refractivity contribution is 5.90. The van der Waals surface area contributed by atoms with Crippen molar-refractivity contribution in [2.75, 3.05) is 25.0 Å². The largest absolute Gasteiger partial charge is 0.481 e. The van der Waals surface area contributed by atoms with Gasteiger partial charge in [-0.2, -0.15) is 0 Å². The van der Waals surface area contributed by atoms with E-state index in [1.165, 1.54) is 18.2 Å². The van der Waals surface area contributed by atoms with Gasteiger partial charge in [0.15, 0.2) is 0 Å². The number of likely N-dealkylation sites (tertiary alicyclic amines) is 1. The number of hydrogen-bond acceptors (Lipinski definition) is 3. The topological polar surface area (TPSA) is 69.6 Å². The highest BCUT2D eigenvalue weighted by Crippen LogP contribution is 2.17. The number of nitrogens with one attached hydrogen (secondary N) is 1. The van der Waals surface area contributed by atoms with Crippen LogP contribution >= 0.6 is 0 Å². The molecule has 5 nitrogen and oxygen atoms in total. The number of benzene rings is 1. The van der Waals surface area contributed by atoms with E-state index in [9.17, 15) is 14.0 Å². The maximum Gasteiger partial charge on any atom is 0.307 e. The van der Waals surface area contributed by atoms with Crippen molar-refractivity contribution in [2.45, 2.75) is 19.3 Å². The lowest BCUT2D eigenvalue weighted by molar-refractivity contribution is -0.143. The van der Waals surface area contributed by atoms with Gasteiger partial charge in [-0.05, 0) is 37.6 Å². The summed E-state index contributed by atoms with van der Waals surface area (Å²) in [6.07, 6.45) is 1.80. The van der Waals surface area contributed by atoms with Crippen molar-refractivity contribution in [1.82, 2.24) is 4.90 Å². The molecule has 0 bridgehead atoms. The molecular weight excluding hydrogens is 275 g/mol. The Morgan fingerprint density at radius 1 is 1.43 bits per heavy atom. The quantitative estimate of drug-likeness (QED) is 0.871. The molecule has 1 aliphatic heterocycles. The average molecular weight is 294 g/mol. The molecule has 1 amide bonds. The first-order valence-electron chi connectivity index (χ1n) is 7.05. The Labute approximate surface area is 122 Å². The number of amides is 1. The lowest BCUT2D eigenvalue weighted by Gasteiger charge is -2.30. The number of nitrogens with zero attached hydrogens (tertiary/aromatic N) is 1. The maximum atomic E-state index is 13.0. The molecule has 1 fully saturated rings. The van der Waals surface area contributed by atoms with Crippen LogP contribution in [-0.4, -0.2) is 41.5 Å². The molecule has 6 heteroatoms. The van der Waals surface area contributed by atoms with E-state index >= 15 is 0 Å². The number of carbonyl (C=O) groups is 2. The number of rotatable bonds is 5. The van der Waals surface area contributed by atoms with E-state index in [0.29, 0.717) is 25.2 Å². The lowest BCUT2D eigenvalue weighted by atomic mass is 9.98. The second-order valence-corrected chi connectivity index (χ2v) is 5.29. The van der Waals surface area contributed by atoms with Crippen molar-refractivity contribution in [3.8, 4) is 0 Å². The van der Waals surface area contributed by atoms with E-state index < -0.39 is 11.8 Å². The molecule has 1 aromatic rings. The minimum absolute atomic E-state index is 0.196. The van der Waals surface area contributed by atoms with Gasteiger partial charge in [0.05, 0.1) is 5.92 Å². The Kier molecular flexibility index (Phi) is 5.27. The van der Waals surface area contributed by atoms with Crippen LogP contribution < -0.4 is 5.32 Å². The summed E-state index contributed by atoms with van der Waals surface area (Å²) in [5.74, 6) is -1.71. The van der Waals surface area contributed by atoms with Crippen molar-refractivity contribution < 1.29 is 19.1 Å². The number of carbonyl (C=O) groups excluding carboxylic acids is 1. The van der Waals surface area contributed by atoms with Crippen LogP contribution in [0.3, 0.4) is 0 Å². The van der Waals surface area contributed by atoms with Gasteiger partial charge >= 0.3 is 5.97 Å². The van der Waals surface area contributed by atoms with E-state index in [1.54, 1.807) is 6.07 Å². The van der Waals surface area contributed by atoms with E-state index in [4.69, 9.17) is 5.11 Å². The Morgan fingerprint density at radius 3 is 2.95 bits per heavy atom. The van der Waals surface area contributed by atoms with Crippen LogP contribution in [0, 0.1) is 11.7 Å². The van der Waals surface area contributed by atoms with Gasteiger partial charge in [-0.15, -0.1) is 0 Å². The van der Waals surface area contributed by atoms with E-state index in [2.05, 4.69) is 5.32 Å². The molecular formula is C15H19FN2O3. The van der Waals surface area contributed by atoms with Crippen molar-refractivity contribution in [2.24, 2.45) is 5.92 Å². The molecule has 1 saturated heterocycles. The molecule has 1 aromatic carbocycles. The van der Waals surface area contributed by atoms with Gasteiger partial charge in [-0.1, -0.05) is 6.07 Å². The van der Waals surface area contributed by atoms with E-state index in [0.717, 1.165) is 13.0 Å². The zero-order chi connectivity index (χ0) is 15.2. The highest BCUT2D eigenvalue weighted by Gasteiger charge is 2.25. The first-order valence-corrected chi connectivity index (χ1v) is 7.05. The van der Waals surface area contributed by atoms with Gasteiger partial charge in [0.2, 0.25) is 5.91 Å². The minimum atomic E-state index is -0.774. The number of carboxylic acids is 1. The molecule has 114 valence electrons. The van der Waals surface area contributed by atoms with Crippen molar-refractivity contribution in [3.63, 3.8) is 0 Å². The number of halogens is 1. The third kappa shape index (κ3) is 4.82. The monoisotopic (exact) mass is 294 g/mol. The van der Waals surface area contributed by atoms with E-state index in [-0.39, 0.29) is 18.2 Å². The molecule has 0 aromatic heterocycles. The molecule has 0 spiro atoms. The minimum Gasteiger partial charge on any atom is -0.481 e. The van der Waals surface area contributed by atoms with Gasteiger partial charge in [0.25, 0.3) is 0 Å². The zero-order valence-electron chi connectivity index (χ0n) is 11.7. The SMILES string of the molecule is O=C(CCN1CCCC(C(=O)O)C1)Nc1cccc(F)c1. The summed E-state index contributed by atoms with van der Waals surface area (Å²) in [6.45, 7) is 1.82.